The Kier molecular flexibility index (Phi) is 4.42. The second-order valence-electron chi connectivity index (χ2n) is 6.60. The molecule has 0 amide bonds. The summed E-state index contributed by atoms with van der Waals surface area (Å²) in [5, 5.41) is 3.30. The zero-order chi connectivity index (χ0) is 19.0. The molecule has 0 fully saturated rings. The fourth-order valence-electron chi connectivity index (χ4n) is 3.71. The zero-order valence-electron chi connectivity index (χ0n) is 15.5. The Bertz CT molecular complexity index is 1160. The third-order valence-corrected chi connectivity index (χ3v) is 5.08. The zero-order valence-corrected chi connectivity index (χ0v) is 15.5. The van der Waals surface area contributed by atoms with Gasteiger partial charge in [-0.25, -0.2) is 4.79 Å². The van der Waals surface area contributed by atoms with Gasteiger partial charge in [0.05, 0.1) is 12.2 Å². The van der Waals surface area contributed by atoms with E-state index in [1.807, 2.05) is 36.7 Å². The Morgan fingerprint density at radius 2 is 1.70 bits per heavy atom. The lowest BCUT2D eigenvalue weighted by Gasteiger charge is -2.06. The van der Waals surface area contributed by atoms with Gasteiger partial charge in [-0.2, -0.15) is 0 Å². The monoisotopic (exact) mass is 358 g/mol. The van der Waals surface area contributed by atoms with Crippen LogP contribution >= 0.6 is 0 Å². The maximum atomic E-state index is 12.5. The summed E-state index contributed by atoms with van der Waals surface area (Å²) < 4.78 is 7.24. The fourth-order valence-corrected chi connectivity index (χ4v) is 3.71. The van der Waals surface area contributed by atoms with Crippen LogP contribution in [0.25, 0.3) is 32.8 Å². The average molecular weight is 358 g/mol. The predicted molar refractivity (Wildman–Crippen MR) is 110 cm³/mol. The largest absolute Gasteiger partial charge is 0.462 e. The molecule has 0 aliphatic carbocycles. The van der Waals surface area contributed by atoms with Crippen molar-refractivity contribution in [3.63, 3.8) is 0 Å². The van der Waals surface area contributed by atoms with Crippen LogP contribution in [0, 0.1) is 0 Å². The number of aryl methyl sites for hydroxylation is 1. The maximum absolute atomic E-state index is 12.5. The number of esters is 1. The van der Waals surface area contributed by atoms with Crippen LogP contribution in [-0.2, 0) is 18.3 Å². The van der Waals surface area contributed by atoms with Crippen LogP contribution in [0.5, 0.6) is 0 Å². The van der Waals surface area contributed by atoms with Crippen LogP contribution in [0.1, 0.15) is 23.0 Å². The number of aromatic nitrogens is 1. The van der Waals surface area contributed by atoms with Crippen molar-refractivity contribution in [3.8, 4) is 11.1 Å². The number of carbonyl (C=O) groups excluding carboxylic acids is 1. The first kappa shape index (κ1) is 17.3. The van der Waals surface area contributed by atoms with E-state index in [-0.39, 0.29) is 12.5 Å². The van der Waals surface area contributed by atoms with Gasteiger partial charge in [-0.05, 0) is 41.0 Å². The smallest absolute Gasteiger partial charge is 0.340 e. The van der Waals surface area contributed by atoms with E-state index >= 15 is 0 Å². The van der Waals surface area contributed by atoms with E-state index in [0.717, 1.165) is 27.7 Å². The van der Waals surface area contributed by atoms with Crippen molar-refractivity contribution < 1.29 is 9.53 Å². The molecule has 0 radical (unpaired) electrons. The minimum atomic E-state index is -0.318. The van der Waals surface area contributed by atoms with E-state index < -0.39 is 0 Å². The van der Waals surface area contributed by atoms with Gasteiger partial charge in [0.2, 0.25) is 0 Å². The molecule has 4 heteroatoms. The van der Waals surface area contributed by atoms with E-state index in [4.69, 9.17) is 10.5 Å². The van der Waals surface area contributed by atoms with Crippen LogP contribution in [0.3, 0.4) is 0 Å². The molecular weight excluding hydrogens is 336 g/mol. The second-order valence-corrected chi connectivity index (χ2v) is 6.60. The van der Waals surface area contributed by atoms with E-state index in [1.54, 1.807) is 0 Å². The number of nitrogens with zero attached hydrogens (tertiary/aromatic N) is 1. The SMILES string of the molecule is CCOC(=O)c1c(CN)n(C)c2cc(-c3ccc4ccccc4c3)ccc12. The molecule has 2 N–H and O–H groups in total. The highest BCUT2D eigenvalue weighted by Crippen LogP contribution is 2.31. The topological polar surface area (TPSA) is 57.2 Å². The third kappa shape index (κ3) is 2.88. The predicted octanol–water partition coefficient (Wildman–Crippen LogP) is 4.63. The molecule has 4 aromatic rings. The van der Waals surface area contributed by atoms with E-state index in [2.05, 4.69) is 42.5 Å². The molecule has 27 heavy (non-hydrogen) atoms. The lowest BCUT2D eigenvalue weighted by molar-refractivity contribution is 0.0527. The van der Waals surface area contributed by atoms with E-state index in [1.165, 1.54) is 10.8 Å². The second kappa shape index (κ2) is 6.89. The van der Waals surface area contributed by atoms with Crippen LogP contribution < -0.4 is 5.73 Å². The summed E-state index contributed by atoms with van der Waals surface area (Å²) in [4.78, 5) is 12.5. The summed E-state index contributed by atoms with van der Waals surface area (Å²) in [5.41, 5.74) is 10.5. The van der Waals surface area contributed by atoms with Gasteiger partial charge in [0.1, 0.15) is 0 Å². The Balaban J connectivity index is 1.89. The van der Waals surface area contributed by atoms with Gasteiger partial charge in [-0.3, -0.25) is 0 Å². The number of hydrogen-bond donors (Lipinski definition) is 1. The molecule has 0 saturated heterocycles. The molecule has 0 spiro atoms. The minimum Gasteiger partial charge on any atom is -0.462 e. The minimum absolute atomic E-state index is 0.282. The van der Waals surface area contributed by atoms with Crippen molar-refractivity contribution in [3.05, 3.63) is 71.9 Å². The highest BCUT2D eigenvalue weighted by Gasteiger charge is 2.21. The number of ether oxygens (including phenoxy) is 1. The Morgan fingerprint density at radius 3 is 2.44 bits per heavy atom. The van der Waals surface area contributed by atoms with Crippen molar-refractivity contribution in [1.82, 2.24) is 4.57 Å². The molecule has 0 atom stereocenters. The molecule has 4 rings (SSSR count). The molecule has 0 aliphatic heterocycles. The maximum Gasteiger partial charge on any atom is 0.340 e. The molecule has 0 unspecified atom stereocenters. The lowest BCUT2D eigenvalue weighted by Crippen LogP contribution is -2.12. The van der Waals surface area contributed by atoms with Crippen LogP contribution in [0.4, 0.5) is 0 Å². The Hall–Kier alpha value is -3.11. The molecule has 1 aromatic heterocycles. The number of rotatable bonds is 4. The summed E-state index contributed by atoms with van der Waals surface area (Å²) in [5.74, 6) is -0.318. The van der Waals surface area contributed by atoms with Crippen molar-refractivity contribution in [2.24, 2.45) is 12.8 Å². The molecule has 1 heterocycles. The molecule has 0 aliphatic rings. The van der Waals surface area contributed by atoms with Gasteiger partial charge in [0.25, 0.3) is 0 Å². The molecular formula is C23H22N2O2. The first-order chi connectivity index (χ1) is 13.1. The normalized spacial score (nSPS) is 11.2. The first-order valence-corrected chi connectivity index (χ1v) is 9.11. The number of nitrogens with two attached hydrogens (primary N) is 1. The molecule has 0 saturated carbocycles. The highest BCUT2D eigenvalue weighted by atomic mass is 16.5. The van der Waals surface area contributed by atoms with Crippen molar-refractivity contribution >= 4 is 27.6 Å². The number of benzene rings is 3. The van der Waals surface area contributed by atoms with Gasteiger partial charge < -0.3 is 15.0 Å². The van der Waals surface area contributed by atoms with Gasteiger partial charge in [0.15, 0.2) is 0 Å². The van der Waals surface area contributed by atoms with Crippen LogP contribution in [0.15, 0.2) is 60.7 Å². The summed E-state index contributed by atoms with van der Waals surface area (Å²) in [6.07, 6.45) is 0. The Morgan fingerprint density at radius 1 is 1.00 bits per heavy atom. The summed E-state index contributed by atoms with van der Waals surface area (Å²) in [6.45, 7) is 2.43. The highest BCUT2D eigenvalue weighted by molar-refractivity contribution is 6.07. The molecule has 136 valence electrons. The fraction of sp³-hybridized carbons (Fsp3) is 0.174. The molecule has 3 aromatic carbocycles. The quantitative estimate of drug-likeness (QED) is 0.541. The lowest BCUT2D eigenvalue weighted by atomic mass is 10.00. The van der Waals surface area contributed by atoms with Crippen molar-refractivity contribution in [2.75, 3.05) is 6.61 Å². The number of fused-ring (bicyclic) bond motifs is 2. The van der Waals surface area contributed by atoms with Crippen molar-refractivity contribution in [1.29, 1.82) is 0 Å². The van der Waals surface area contributed by atoms with Gasteiger partial charge >= 0.3 is 5.97 Å². The van der Waals surface area contributed by atoms with E-state index in [9.17, 15) is 4.79 Å². The average Bonchev–Trinajstić information content (AvgIpc) is 2.99. The van der Waals surface area contributed by atoms with E-state index in [0.29, 0.717) is 12.2 Å². The van der Waals surface area contributed by atoms with Crippen LogP contribution in [-0.4, -0.2) is 17.1 Å². The number of carbonyl (C=O) groups is 1. The molecule has 4 nitrogen and oxygen atoms in total. The summed E-state index contributed by atoms with van der Waals surface area (Å²) in [6, 6.07) is 20.9. The summed E-state index contributed by atoms with van der Waals surface area (Å²) in [7, 11) is 1.94. The van der Waals surface area contributed by atoms with Crippen LogP contribution in [0.2, 0.25) is 0 Å². The third-order valence-electron chi connectivity index (χ3n) is 5.08. The summed E-state index contributed by atoms with van der Waals surface area (Å²) >= 11 is 0. The van der Waals surface area contributed by atoms with Gasteiger partial charge in [-0.1, -0.05) is 48.5 Å². The van der Waals surface area contributed by atoms with Gasteiger partial charge in [-0.15, -0.1) is 0 Å². The first-order valence-electron chi connectivity index (χ1n) is 9.11. The molecule has 0 bridgehead atoms. The van der Waals surface area contributed by atoms with Gasteiger partial charge in [0, 0.05) is 30.2 Å². The standard InChI is InChI=1S/C23H22N2O2/c1-3-27-23(26)22-19-11-10-18(13-20(19)25(2)21(22)14-24)17-9-8-15-6-4-5-7-16(15)12-17/h4-13H,3,14,24H2,1-2H3. The van der Waals surface area contributed by atoms with Crippen molar-refractivity contribution in [2.45, 2.75) is 13.5 Å². The number of hydrogen-bond acceptors (Lipinski definition) is 3. The Labute approximate surface area is 158 Å².